The van der Waals surface area contributed by atoms with Crippen LogP contribution in [0.2, 0.25) is 0 Å². The van der Waals surface area contributed by atoms with Crippen molar-refractivity contribution < 1.29 is 5.11 Å². The molecule has 0 aromatic heterocycles. The van der Waals surface area contributed by atoms with Crippen molar-refractivity contribution in [2.24, 2.45) is 17.6 Å². The topological polar surface area (TPSA) is 58.3 Å². The SMILES string of the molecule is NC1CCC(C2C=C(SNC3=CCC(Cl)C(O)C3)SC2Cl)CC1. The summed E-state index contributed by atoms with van der Waals surface area (Å²) in [4.78, 5) is 0. The molecule has 3 nitrogen and oxygen atoms in total. The quantitative estimate of drug-likeness (QED) is 0.493. The van der Waals surface area contributed by atoms with E-state index in [0.717, 1.165) is 18.5 Å². The molecule has 23 heavy (non-hydrogen) atoms. The second-order valence-corrected chi connectivity index (χ2v) is 10.2. The van der Waals surface area contributed by atoms with Crippen molar-refractivity contribution in [3.05, 3.63) is 22.1 Å². The fraction of sp³-hybridized carbons (Fsp3) is 0.750. The molecule has 1 aliphatic heterocycles. The van der Waals surface area contributed by atoms with Crippen LogP contribution in [-0.2, 0) is 0 Å². The Bertz CT molecular complexity index is 481. The van der Waals surface area contributed by atoms with Crippen molar-refractivity contribution in [3.8, 4) is 0 Å². The van der Waals surface area contributed by atoms with E-state index in [4.69, 9.17) is 28.9 Å². The predicted octanol–water partition coefficient (Wildman–Crippen LogP) is 4.16. The maximum atomic E-state index is 9.84. The van der Waals surface area contributed by atoms with Crippen molar-refractivity contribution in [2.45, 2.75) is 60.8 Å². The Morgan fingerprint density at radius 3 is 2.70 bits per heavy atom. The van der Waals surface area contributed by atoms with Gasteiger partial charge in [-0.2, -0.15) is 0 Å². The molecule has 0 amide bonds. The third-order valence-corrected chi connectivity index (χ3v) is 8.11. The van der Waals surface area contributed by atoms with E-state index in [-0.39, 0.29) is 10.1 Å². The fourth-order valence-electron chi connectivity index (χ4n) is 3.45. The lowest BCUT2D eigenvalue weighted by Gasteiger charge is -2.30. The molecular formula is C16H24Cl2N2OS2. The zero-order chi connectivity index (χ0) is 16.4. The number of rotatable bonds is 4. The van der Waals surface area contributed by atoms with E-state index in [0.29, 0.717) is 30.7 Å². The molecule has 1 heterocycles. The highest BCUT2D eigenvalue weighted by Crippen LogP contribution is 2.49. The van der Waals surface area contributed by atoms with Crippen LogP contribution >= 0.6 is 46.9 Å². The van der Waals surface area contributed by atoms with Crippen LogP contribution in [0.3, 0.4) is 0 Å². The van der Waals surface area contributed by atoms with Crippen LogP contribution in [0.25, 0.3) is 0 Å². The minimum absolute atomic E-state index is 0.122. The highest BCUT2D eigenvalue weighted by molar-refractivity contribution is 8.22. The van der Waals surface area contributed by atoms with E-state index in [1.807, 2.05) is 0 Å². The highest BCUT2D eigenvalue weighted by atomic mass is 35.5. The van der Waals surface area contributed by atoms with Gasteiger partial charge < -0.3 is 15.6 Å². The number of alkyl halides is 2. The van der Waals surface area contributed by atoms with Crippen LogP contribution in [0.1, 0.15) is 38.5 Å². The van der Waals surface area contributed by atoms with Gasteiger partial charge in [0, 0.05) is 24.1 Å². The third kappa shape index (κ3) is 4.77. The first kappa shape index (κ1) is 18.3. The molecule has 1 fully saturated rings. The average molecular weight is 395 g/mol. The van der Waals surface area contributed by atoms with Gasteiger partial charge in [0.1, 0.15) is 0 Å². The molecule has 3 aliphatic rings. The van der Waals surface area contributed by atoms with Gasteiger partial charge in [-0.05, 0) is 50.0 Å². The summed E-state index contributed by atoms with van der Waals surface area (Å²) in [5.41, 5.74) is 7.06. The summed E-state index contributed by atoms with van der Waals surface area (Å²) in [6, 6.07) is 0.379. The Labute approximate surface area is 156 Å². The van der Waals surface area contributed by atoms with E-state index in [2.05, 4.69) is 16.9 Å². The largest absolute Gasteiger partial charge is 0.391 e. The molecule has 0 aromatic rings. The minimum atomic E-state index is -0.463. The zero-order valence-electron chi connectivity index (χ0n) is 13.0. The predicted molar refractivity (Wildman–Crippen MR) is 102 cm³/mol. The molecule has 1 saturated carbocycles. The van der Waals surface area contributed by atoms with E-state index in [1.165, 1.54) is 17.1 Å². The van der Waals surface area contributed by atoms with Gasteiger partial charge in [-0.1, -0.05) is 23.9 Å². The average Bonchev–Trinajstić information content (AvgIpc) is 2.90. The van der Waals surface area contributed by atoms with Crippen LogP contribution in [0.5, 0.6) is 0 Å². The molecule has 4 unspecified atom stereocenters. The van der Waals surface area contributed by atoms with Crippen LogP contribution in [0, 0.1) is 11.8 Å². The molecule has 4 N–H and O–H groups in total. The van der Waals surface area contributed by atoms with Gasteiger partial charge in [0.15, 0.2) is 0 Å². The molecule has 130 valence electrons. The Balaban J connectivity index is 1.52. The number of hydrogen-bond acceptors (Lipinski definition) is 5. The molecule has 0 aromatic carbocycles. The van der Waals surface area contributed by atoms with Crippen LogP contribution < -0.4 is 10.5 Å². The highest BCUT2D eigenvalue weighted by Gasteiger charge is 2.35. The molecular weight excluding hydrogens is 371 g/mol. The molecule has 0 saturated heterocycles. The van der Waals surface area contributed by atoms with Crippen LogP contribution in [-0.4, -0.2) is 27.3 Å². The number of hydrogen-bond donors (Lipinski definition) is 3. The lowest BCUT2D eigenvalue weighted by molar-refractivity contribution is 0.163. The van der Waals surface area contributed by atoms with Gasteiger partial charge in [0.05, 0.1) is 20.4 Å². The lowest BCUT2D eigenvalue weighted by Crippen LogP contribution is -2.30. The normalized spacial score (nSPS) is 41.4. The third-order valence-electron chi connectivity index (χ3n) is 4.94. The fourth-order valence-corrected chi connectivity index (χ4v) is 6.52. The number of nitrogens with one attached hydrogen (secondary N) is 1. The van der Waals surface area contributed by atoms with Gasteiger partial charge in [0.25, 0.3) is 0 Å². The van der Waals surface area contributed by atoms with Gasteiger partial charge in [0.2, 0.25) is 0 Å². The van der Waals surface area contributed by atoms with Crippen molar-refractivity contribution in [1.29, 1.82) is 0 Å². The van der Waals surface area contributed by atoms with Crippen molar-refractivity contribution in [1.82, 2.24) is 4.72 Å². The molecule has 4 atom stereocenters. The Kier molecular flexibility index (Phi) is 6.55. The summed E-state index contributed by atoms with van der Waals surface area (Å²) >= 11 is 15.9. The summed E-state index contributed by atoms with van der Waals surface area (Å²) in [7, 11) is 0. The number of allylic oxidation sites excluding steroid dienone is 2. The van der Waals surface area contributed by atoms with Gasteiger partial charge >= 0.3 is 0 Å². The summed E-state index contributed by atoms with van der Waals surface area (Å²) < 4.78 is 4.71. The first-order valence-corrected chi connectivity index (χ1v) is 10.8. The Hall–Kier alpha value is 0.480. The number of thioether (sulfide) groups is 1. The first-order chi connectivity index (χ1) is 11.0. The monoisotopic (exact) mass is 394 g/mol. The standard InChI is InChI=1S/C16H24Cl2N2OS2/c17-13-6-5-11(7-14(13)21)20-23-15-8-12(16(18)22-15)9-1-3-10(19)4-2-9/h5,8-10,12-14,16,20-21H,1-4,6-7,19H2. The van der Waals surface area contributed by atoms with Crippen molar-refractivity contribution >= 4 is 46.9 Å². The molecule has 7 heteroatoms. The van der Waals surface area contributed by atoms with Crippen LogP contribution in [0.15, 0.2) is 22.1 Å². The summed E-state index contributed by atoms with van der Waals surface area (Å²) in [5, 5.41) is 9.68. The molecule has 2 aliphatic carbocycles. The Morgan fingerprint density at radius 2 is 2.00 bits per heavy atom. The minimum Gasteiger partial charge on any atom is -0.391 e. The molecule has 0 bridgehead atoms. The number of nitrogens with two attached hydrogens (primary N) is 1. The van der Waals surface area contributed by atoms with Crippen LogP contribution in [0.4, 0.5) is 0 Å². The first-order valence-electron chi connectivity index (χ1n) is 8.25. The van der Waals surface area contributed by atoms with E-state index >= 15 is 0 Å². The molecule has 3 rings (SSSR count). The van der Waals surface area contributed by atoms with E-state index < -0.39 is 6.10 Å². The zero-order valence-corrected chi connectivity index (χ0v) is 16.1. The smallest absolute Gasteiger partial charge is 0.0907 e. The maximum Gasteiger partial charge on any atom is 0.0907 e. The van der Waals surface area contributed by atoms with E-state index in [1.54, 1.807) is 23.7 Å². The molecule has 0 radical (unpaired) electrons. The second kappa shape index (κ2) is 8.24. The van der Waals surface area contributed by atoms with Gasteiger partial charge in [-0.25, -0.2) is 0 Å². The van der Waals surface area contributed by atoms with Crippen molar-refractivity contribution in [2.75, 3.05) is 0 Å². The Morgan fingerprint density at radius 1 is 1.26 bits per heavy atom. The molecule has 0 spiro atoms. The van der Waals surface area contributed by atoms with Crippen molar-refractivity contribution in [3.63, 3.8) is 0 Å². The second-order valence-electron chi connectivity index (χ2n) is 6.66. The van der Waals surface area contributed by atoms with E-state index in [9.17, 15) is 5.11 Å². The lowest BCUT2D eigenvalue weighted by atomic mass is 9.79. The number of aliphatic hydroxyl groups excluding tert-OH is 1. The van der Waals surface area contributed by atoms with Gasteiger partial charge in [-0.3, -0.25) is 0 Å². The number of aliphatic hydroxyl groups is 1. The summed E-state index contributed by atoms with van der Waals surface area (Å²) in [5.74, 6) is 1.10. The number of halogens is 2. The summed E-state index contributed by atoms with van der Waals surface area (Å²) in [6.07, 6.45) is 9.85. The maximum absolute atomic E-state index is 9.84. The van der Waals surface area contributed by atoms with Gasteiger partial charge in [-0.15, -0.1) is 23.2 Å². The summed E-state index contributed by atoms with van der Waals surface area (Å²) in [6.45, 7) is 0.